The van der Waals surface area contributed by atoms with Crippen molar-refractivity contribution in [1.82, 2.24) is 4.90 Å². The van der Waals surface area contributed by atoms with Gasteiger partial charge in [-0.25, -0.2) is 0 Å². The summed E-state index contributed by atoms with van der Waals surface area (Å²) in [6, 6.07) is 0. The van der Waals surface area contributed by atoms with Crippen molar-refractivity contribution >= 4 is 11.8 Å². The van der Waals surface area contributed by atoms with Crippen molar-refractivity contribution in [3.8, 4) is 0 Å². The van der Waals surface area contributed by atoms with E-state index in [1.165, 1.54) is 4.90 Å². The summed E-state index contributed by atoms with van der Waals surface area (Å²) in [6.07, 6.45) is 5.13. The molecule has 2 amide bonds. The third-order valence-electron chi connectivity index (χ3n) is 4.44. The second kappa shape index (κ2) is 4.09. The topological polar surface area (TPSA) is 57.6 Å². The summed E-state index contributed by atoms with van der Waals surface area (Å²) in [5.41, 5.74) is 0. The lowest BCUT2D eigenvalue weighted by Gasteiger charge is -2.39. The van der Waals surface area contributed by atoms with E-state index in [9.17, 15) is 14.7 Å². The number of nitrogens with zero attached hydrogens (tertiary/aromatic N) is 1. The van der Waals surface area contributed by atoms with Gasteiger partial charge < -0.3 is 5.11 Å². The molecule has 0 aromatic heterocycles. The Hall–Kier alpha value is -0.900. The number of aliphatic hydroxyl groups excluding tert-OH is 1. The van der Waals surface area contributed by atoms with Gasteiger partial charge in [-0.3, -0.25) is 14.5 Å². The number of fused-ring (bicyclic) bond motifs is 2. The number of amides is 2. The predicted octanol–water partition coefficient (Wildman–Crippen LogP) is 0.932. The molecule has 3 atom stereocenters. The third kappa shape index (κ3) is 1.99. The van der Waals surface area contributed by atoms with E-state index >= 15 is 0 Å². The zero-order chi connectivity index (χ0) is 12.0. The zero-order valence-electron chi connectivity index (χ0n) is 9.97. The predicted molar refractivity (Wildman–Crippen MR) is 60.9 cm³/mol. The molecule has 1 heterocycles. The average Bonchev–Trinajstić information content (AvgIpc) is 3.17. The van der Waals surface area contributed by atoms with Crippen LogP contribution in [0.5, 0.6) is 0 Å². The fraction of sp³-hybridized carbons (Fsp3) is 0.846. The molecule has 17 heavy (non-hydrogen) atoms. The van der Waals surface area contributed by atoms with Crippen LogP contribution in [0.15, 0.2) is 0 Å². The molecule has 1 aliphatic heterocycles. The highest BCUT2D eigenvalue weighted by molar-refractivity contribution is 6.00. The molecule has 2 aliphatic carbocycles. The first-order valence-corrected chi connectivity index (χ1v) is 6.70. The van der Waals surface area contributed by atoms with E-state index in [1.807, 2.05) is 0 Å². The number of carbonyl (C=O) groups is 2. The summed E-state index contributed by atoms with van der Waals surface area (Å²) in [5.74, 6) is 0.323. The van der Waals surface area contributed by atoms with Crippen molar-refractivity contribution in [1.29, 1.82) is 0 Å². The van der Waals surface area contributed by atoms with Crippen LogP contribution in [0.3, 0.4) is 0 Å². The highest BCUT2D eigenvalue weighted by atomic mass is 16.3. The Morgan fingerprint density at radius 3 is 2.24 bits per heavy atom. The number of hydrogen-bond donors (Lipinski definition) is 1. The summed E-state index contributed by atoms with van der Waals surface area (Å²) >= 11 is 0. The maximum absolute atomic E-state index is 12.1. The van der Waals surface area contributed by atoms with Crippen LogP contribution in [0.2, 0.25) is 0 Å². The van der Waals surface area contributed by atoms with E-state index in [0.717, 1.165) is 38.5 Å². The first kappa shape index (κ1) is 11.2. The first-order valence-electron chi connectivity index (χ1n) is 6.70. The van der Waals surface area contributed by atoms with Crippen LogP contribution in [0.4, 0.5) is 0 Å². The molecule has 1 saturated heterocycles. The van der Waals surface area contributed by atoms with Crippen molar-refractivity contribution in [3.05, 3.63) is 0 Å². The standard InChI is InChI=1S/C13H19NO3/c15-11(8-4-5-8)7-14-12(16)9-2-1-3-10(6-9)13(14)17/h8-11,15H,1-7H2. The summed E-state index contributed by atoms with van der Waals surface area (Å²) in [7, 11) is 0. The highest BCUT2D eigenvalue weighted by Crippen LogP contribution is 2.38. The fourth-order valence-electron chi connectivity index (χ4n) is 3.18. The van der Waals surface area contributed by atoms with Gasteiger partial charge >= 0.3 is 0 Å². The molecular weight excluding hydrogens is 218 g/mol. The normalized spacial score (nSPS) is 35.0. The molecule has 0 spiro atoms. The van der Waals surface area contributed by atoms with Crippen molar-refractivity contribution in [2.75, 3.05) is 6.54 Å². The molecule has 1 N–H and O–H groups in total. The number of likely N-dealkylation sites (tertiary alicyclic amines) is 1. The molecule has 0 radical (unpaired) electrons. The summed E-state index contributed by atoms with van der Waals surface area (Å²) in [6.45, 7) is 0.231. The summed E-state index contributed by atoms with van der Waals surface area (Å²) in [4.78, 5) is 25.6. The Labute approximate surface area is 101 Å². The molecule has 0 aromatic carbocycles. The van der Waals surface area contributed by atoms with Crippen LogP contribution >= 0.6 is 0 Å². The van der Waals surface area contributed by atoms with Gasteiger partial charge in [-0.05, 0) is 38.0 Å². The Morgan fingerprint density at radius 2 is 1.71 bits per heavy atom. The molecule has 4 nitrogen and oxygen atoms in total. The molecule has 3 unspecified atom stereocenters. The Kier molecular flexibility index (Phi) is 2.69. The SMILES string of the molecule is O=C1C2CCCC(C2)C(=O)N1CC(O)C1CC1. The minimum absolute atomic E-state index is 0.0364. The molecule has 3 fully saturated rings. The number of imide groups is 1. The largest absolute Gasteiger partial charge is 0.391 e. The molecule has 94 valence electrons. The van der Waals surface area contributed by atoms with Gasteiger partial charge in [0.25, 0.3) is 0 Å². The number of piperidine rings is 1. The number of β-amino-alcohol motifs (C(OH)–C–C–N with tert-alkyl or cyclic N) is 1. The maximum atomic E-state index is 12.1. The number of rotatable bonds is 3. The first-order chi connectivity index (χ1) is 8.16. The minimum atomic E-state index is -0.498. The van der Waals surface area contributed by atoms with Gasteiger partial charge in [0.2, 0.25) is 11.8 Å². The van der Waals surface area contributed by atoms with E-state index in [0.29, 0.717) is 5.92 Å². The second-order valence-electron chi connectivity index (χ2n) is 5.75. The lowest BCUT2D eigenvalue weighted by molar-refractivity contribution is -0.159. The molecule has 4 heteroatoms. The monoisotopic (exact) mass is 237 g/mol. The van der Waals surface area contributed by atoms with Crippen LogP contribution < -0.4 is 0 Å². The van der Waals surface area contributed by atoms with E-state index in [1.54, 1.807) is 0 Å². The molecule has 2 saturated carbocycles. The van der Waals surface area contributed by atoms with Gasteiger partial charge in [0.1, 0.15) is 0 Å². The molecule has 3 aliphatic rings. The highest BCUT2D eigenvalue weighted by Gasteiger charge is 2.44. The van der Waals surface area contributed by atoms with Crippen LogP contribution in [0.25, 0.3) is 0 Å². The number of aliphatic hydroxyl groups is 1. The smallest absolute Gasteiger partial charge is 0.232 e. The van der Waals surface area contributed by atoms with Crippen LogP contribution in [-0.2, 0) is 9.59 Å². The van der Waals surface area contributed by atoms with Crippen molar-refractivity contribution in [2.45, 2.75) is 44.6 Å². The van der Waals surface area contributed by atoms with E-state index in [4.69, 9.17) is 0 Å². The van der Waals surface area contributed by atoms with E-state index in [-0.39, 0.29) is 30.2 Å². The third-order valence-corrected chi connectivity index (χ3v) is 4.44. The lowest BCUT2D eigenvalue weighted by Crippen LogP contribution is -2.53. The zero-order valence-corrected chi connectivity index (χ0v) is 9.97. The Balaban J connectivity index is 1.72. The van der Waals surface area contributed by atoms with E-state index in [2.05, 4.69) is 0 Å². The van der Waals surface area contributed by atoms with Gasteiger partial charge in [0.15, 0.2) is 0 Å². The van der Waals surface area contributed by atoms with Crippen LogP contribution in [0, 0.1) is 17.8 Å². The maximum Gasteiger partial charge on any atom is 0.232 e. The minimum Gasteiger partial charge on any atom is -0.391 e. The average molecular weight is 237 g/mol. The quantitative estimate of drug-likeness (QED) is 0.743. The van der Waals surface area contributed by atoms with Gasteiger partial charge in [-0.1, -0.05) is 6.42 Å². The lowest BCUT2D eigenvalue weighted by atomic mass is 9.77. The van der Waals surface area contributed by atoms with Gasteiger partial charge in [0.05, 0.1) is 12.6 Å². The second-order valence-corrected chi connectivity index (χ2v) is 5.75. The molecule has 3 rings (SSSR count). The molecule has 0 aromatic rings. The van der Waals surface area contributed by atoms with Crippen molar-refractivity contribution < 1.29 is 14.7 Å². The number of carbonyl (C=O) groups excluding carboxylic acids is 2. The van der Waals surface area contributed by atoms with E-state index < -0.39 is 6.10 Å². The number of hydrogen-bond acceptors (Lipinski definition) is 3. The molecule has 2 bridgehead atoms. The summed E-state index contributed by atoms with van der Waals surface area (Å²) in [5, 5.41) is 9.89. The van der Waals surface area contributed by atoms with Gasteiger partial charge in [0, 0.05) is 11.8 Å². The summed E-state index contributed by atoms with van der Waals surface area (Å²) < 4.78 is 0. The van der Waals surface area contributed by atoms with Gasteiger partial charge in [-0.2, -0.15) is 0 Å². The molecular formula is C13H19NO3. The Morgan fingerprint density at radius 1 is 1.12 bits per heavy atom. The van der Waals surface area contributed by atoms with Crippen molar-refractivity contribution in [2.24, 2.45) is 17.8 Å². The van der Waals surface area contributed by atoms with Gasteiger partial charge in [-0.15, -0.1) is 0 Å². The fourth-order valence-corrected chi connectivity index (χ4v) is 3.18. The Bertz CT molecular complexity index is 329. The van der Waals surface area contributed by atoms with Crippen LogP contribution in [-0.4, -0.2) is 34.5 Å². The van der Waals surface area contributed by atoms with Crippen LogP contribution in [0.1, 0.15) is 38.5 Å². The van der Waals surface area contributed by atoms with Crippen molar-refractivity contribution in [3.63, 3.8) is 0 Å².